The van der Waals surface area contributed by atoms with Crippen molar-refractivity contribution >= 4 is 45.8 Å². The molecule has 2 heterocycles. The molecule has 0 atom stereocenters. The summed E-state index contributed by atoms with van der Waals surface area (Å²) in [5.74, 6) is -0.269. The number of anilines is 1. The lowest BCUT2D eigenvalue weighted by Crippen LogP contribution is -2.07. The van der Waals surface area contributed by atoms with Crippen LogP contribution >= 0.6 is 11.6 Å². The molecule has 112 valence electrons. The van der Waals surface area contributed by atoms with Gasteiger partial charge in [0.2, 0.25) is 0 Å². The van der Waals surface area contributed by atoms with E-state index in [2.05, 4.69) is 5.32 Å². The minimum atomic E-state index is -0.269. The van der Waals surface area contributed by atoms with Crippen LogP contribution in [-0.2, 0) is 4.79 Å². The molecule has 1 aromatic heterocycles. The number of para-hydroxylation sites is 1. The molecule has 4 rings (SSSR count). The van der Waals surface area contributed by atoms with Crippen molar-refractivity contribution in [3.8, 4) is 0 Å². The molecule has 3 aromatic rings. The molecule has 0 bridgehead atoms. The molecule has 1 N–H and O–H groups in total. The lowest BCUT2D eigenvalue weighted by Gasteiger charge is -2.00. The summed E-state index contributed by atoms with van der Waals surface area (Å²) in [6, 6.07) is 12.1. The fourth-order valence-electron chi connectivity index (χ4n) is 2.66. The first-order chi connectivity index (χ1) is 11.1. The van der Waals surface area contributed by atoms with Crippen molar-refractivity contribution in [2.45, 2.75) is 0 Å². The summed E-state index contributed by atoms with van der Waals surface area (Å²) in [7, 11) is 0. The summed E-state index contributed by atoms with van der Waals surface area (Å²) in [4.78, 5) is 24.7. The number of rotatable bonds is 1. The Morgan fingerprint density at radius 2 is 1.91 bits per heavy atom. The molecule has 0 unspecified atom stereocenters. The van der Waals surface area contributed by atoms with Gasteiger partial charge in [0, 0.05) is 16.2 Å². The van der Waals surface area contributed by atoms with E-state index in [1.165, 1.54) is 6.26 Å². The summed E-state index contributed by atoms with van der Waals surface area (Å²) < 4.78 is 5.48. The first-order valence-corrected chi connectivity index (χ1v) is 7.35. The molecule has 1 amide bonds. The van der Waals surface area contributed by atoms with E-state index < -0.39 is 0 Å². The maximum absolute atomic E-state index is 12.5. The van der Waals surface area contributed by atoms with E-state index in [0.717, 1.165) is 0 Å². The zero-order valence-corrected chi connectivity index (χ0v) is 12.6. The second-order valence-electron chi connectivity index (χ2n) is 5.22. The van der Waals surface area contributed by atoms with Gasteiger partial charge < -0.3 is 9.73 Å². The van der Waals surface area contributed by atoms with Crippen LogP contribution in [0.25, 0.3) is 22.6 Å². The van der Waals surface area contributed by atoms with Gasteiger partial charge in [0.1, 0.15) is 11.8 Å². The van der Waals surface area contributed by atoms with Crippen LogP contribution in [0.15, 0.2) is 57.9 Å². The average Bonchev–Trinajstić information content (AvgIpc) is 2.85. The van der Waals surface area contributed by atoms with Crippen LogP contribution in [0.1, 0.15) is 11.1 Å². The van der Waals surface area contributed by atoms with Crippen molar-refractivity contribution in [2.75, 3.05) is 5.32 Å². The fourth-order valence-corrected chi connectivity index (χ4v) is 2.83. The predicted octanol–water partition coefficient (Wildman–Crippen LogP) is 3.94. The van der Waals surface area contributed by atoms with Gasteiger partial charge >= 0.3 is 0 Å². The van der Waals surface area contributed by atoms with E-state index in [9.17, 15) is 9.59 Å². The Kier molecular flexibility index (Phi) is 3.06. The standard InChI is InChI=1S/C18H10ClNO3/c19-11-5-6-12-14(18(22)20-15(12)8-11)7-10-9-23-16-4-2-1-3-13(16)17(10)21/h1-9H,(H,20,22)/b14-7+. The Morgan fingerprint density at radius 1 is 1.09 bits per heavy atom. The van der Waals surface area contributed by atoms with Gasteiger partial charge in [0.25, 0.3) is 5.91 Å². The van der Waals surface area contributed by atoms with E-state index >= 15 is 0 Å². The van der Waals surface area contributed by atoms with E-state index in [0.29, 0.717) is 38.4 Å². The van der Waals surface area contributed by atoms with E-state index in [1.807, 2.05) is 0 Å². The van der Waals surface area contributed by atoms with Gasteiger partial charge in [-0.05, 0) is 30.3 Å². The number of amides is 1. The van der Waals surface area contributed by atoms with Crippen LogP contribution in [0.5, 0.6) is 0 Å². The summed E-state index contributed by atoms with van der Waals surface area (Å²) in [5.41, 5.74) is 2.44. The second-order valence-corrected chi connectivity index (χ2v) is 5.65. The first-order valence-electron chi connectivity index (χ1n) is 6.97. The number of nitrogens with one attached hydrogen (secondary N) is 1. The highest BCUT2D eigenvalue weighted by molar-refractivity contribution is 6.36. The summed E-state index contributed by atoms with van der Waals surface area (Å²) in [6.07, 6.45) is 2.92. The molecule has 2 aromatic carbocycles. The van der Waals surface area contributed by atoms with E-state index in [-0.39, 0.29) is 11.3 Å². The third kappa shape index (κ3) is 2.24. The van der Waals surface area contributed by atoms with Crippen molar-refractivity contribution in [3.05, 3.63) is 75.1 Å². The largest absolute Gasteiger partial charge is 0.463 e. The second kappa shape index (κ2) is 5.11. The average molecular weight is 324 g/mol. The van der Waals surface area contributed by atoms with E-state index in [1.54, 1.807) is 48.5 Å². The van der Waals surface area contributed by atoms with Gasteiger partial charge in [-0.25, -0.2) is 0 Å². The topological polar surface area (TPSA) is 59.3 Å². The molecular weight excluding hydrogens is 314 g/mol. The molecule has 0 radical (unpaired) electrons. The van der Waals surface area contributed by atoms with Crippen molar-refractivity contribution in [3.63, 3.8) is 0 Å². The number of hydrogen-bond acceptors (Lipinski definition) is 3. The molecule has 0 spiro atoms. The zero-order valence-electron chi connectivity index (χ0n) is 11.8. The van der Waals surface area contributed by atoms with Gasteiger partial charge in [-0.1, -0.05) is 29.8 Å². The molecule has 23 heavy (non-hydrogen) atoms. The number of carbonyl (C=O) groups excluding carboxylic acids is 1. The maximum atomic E-state index is 12.5. The van der Waals surface area contributed by atoms with Crippen LogP contribution in [0.2, 0.25) is 5.02 Å². The van der Waals surface area contributed by atoms with E-state index in [4.69, 9.17) is 16.0 Å². The monoisotopic (exact) mass is 323 g/mol. The molecular formula is C18H10ClNO3. The molecule has 5 heteroatoms. The summed E-state index contributed by atoms with van der Waals surface area (Å²) in [5, 5.41) is 3.76. The lowest BCUT2D eigenvalue weighted by atomic mass is 10.0. The van der Waals surface area contributed by atoms with Gasteiger partial charge in [0.15, 0.2) is 5.43 Å². The minimum Gasteiger partial charge on any atom is -0.463 e. The fraction of sp³-hybridized carbons (Fsp3) is 0. The molecule has 0 saturated carbocycles. The Labute approximate surface area is 136 Å². The third-order valence-corrected chi connectivity index (χ3v) is 4.01. The van der Waals surface area contributed by atoms with Crippen LogP contribution < -0.4 is 10.7 Å². The number of benzene rings is 2. The molecule has 0 fully saturated rings. The van der Waals surface area contributed by atoms with Crippen LogP contribution in [0, 0.1) is 0 Å². The van der Waals surface area contributed by atoms with Gasteiger partial charge in [-0.15, -0.1) is 0 Å². The Balaban J connectivity index is 1.90. The lowest BCUT2D eigenvalue weighted by molar-refractivity contribution is -0.110. The highest BCUT2D eigenvalue weighted by atomic mass is 35.5. The number of hydrogen-bond donors (Lipinski definition) is 1. The molecule has 0 saturated heterocycles. The van der Waals surface area contributed by atoms with Crippen molar-refractivity contribution in [1.82, 2.24) is 0 Å². The first kappa shape index (κ1) is 13.8. The zero-order chi connectivity index (χ0) is 16.0. The highest BCUT2D eigenvalue weighted by Gasteiger charge is 2.24. The van der Waals surface area contributed by atoms with Crippen LogP contribution in [0.4, 0.5) is 5.69 Å². The maximum Gasteiger partial charge on any atom is 0.256 e. The SMILES string of the molecule is O=C1Nc2cc(Cl)ccc2/C1=C\c1coc2ccccc2c1=O. The molecule has 4 nitrogen and oxygen atoms in total. The number of carbonyl (C=O) groups is 1. The van der Waals surface area contributed by atoms with Crippen LogP contribution in [-0.4, -0.2) is 5.91 Å². The normalized spacial score (nSPS) is 15.0. The highest BCUT2D eigenvalue weighted by Crippen LogP contribution is 2.34. The Bertz CT molecular complexity index is 1050. The van der Waals surface area contributed by atoms with Crippen LogP contribution in [0.3, 0.4) is 0 Å². The quantitative estimate of drug-likeness (QED) is 0.690. The Hall–Kier alpha value is -2.85. The van der Waals surface area contributed by atoms with Crippen molar-refractivity contribution in [2.24, 2.45) is 0 Å². The smallest absolute Gasteiger partial charge is 0.256 e. The number of fused-ring (bicyclic) bond motifs is 2. The number of halogens is 1. The minimum absolute atomic E-state index is 0.172. The Morgan fingerprint density at radius 3 is 2.78 bits per heavy atom. The third-order valence-electron chi connectivity index (χ3n) is 3.77. The van der Waals surface area contributed by atoms with Gasteiger partial charge in [0.05, 0.1) is 16.6 Å². The summed E-state index contributed by atoms with van der Waals surface area (Å²) in [6.45, 7) is 0. The summed E-state index contributed by atoms with van der Waals surface area (Å²) >= 11 is 5.93. The molecule has 1 aliphatic rings. The molecule has 1 aliphatic heterocycles. The van der Waals surface area contributed by atoms with Gasteiger partial charge in [-0.3, -0.25) is 9.59 Å². The predicted molar refractivity (Wildman–Crippen MR) is 90.4 cm³/mol. The molecule has 0 aliphatic carbocycles. The van der Waals surface area contributed by atoms with Gasteiger partial charge in [-0.2, -0.15) is 0 Å². The van der Waals surface area contributed by atoms with Crippen molar-refractivity contribution < 1.29 is 9.21 Å². The van der Waals surface area contributed by atoms with Crippen molar-refractivity contribution in [1.29, 1.82) is 0 Å².